The molecule has 8 heteroatoms. The smallest absolute Gasteiger partial charge is 0.251 e. The number of nitrogens with one attached hydrogen (secondary N) is 2. The number of benzene rings is 1. The van der Waals surface area contributed by atoms with Gasteiger partial charge in [0.1, 0.15) is 0 Å². The monoisotopic (exact) mass is 361 g/mol. The summed E-state index contributed by atoms with van der Waals surface area (Å²) in [4.78, 5) is 12.1. The lowest BCUT2D eigenvalue weighted by molar-refractivity contribution is 0.0946. The van der Waals surface area contributed by atoms with E-state index in [0.29, 0.717) is 18.7 Å². The highest BCUT2D eigenvalue weighted by molar-refractivity contribution is 7.88. The highest BCUT2D eigenvalue weighted by Crippen LogP contribution is 2.25. The minimum absolute atomic E-state index is 0. The molecule has 4 N–H and O–H groups in total. The molecule has 0 saturated heterocycles. The average molecular weight is 362 g/mol. The molecular formula is C15H24ClN3O3S. The maximum Gasteiger partial charge on any atom is 0.251 e. The Morgan fingerprint density at radius 1 is 1.26 bits per heavy atom. The van der Waals surface area contributed by atoms with Crippen LogP contribution in [-0.2, 0) is 16.6 Å². The molecule has 1 saturated carbocycles. The molecule has 130 valence electrons. The number of hydrogen-bond donors (Lipinski definition) is 3. The molecule has 1 aliphatic carbocycles. The van der Waals surface area contributed by atoms with E-state index < -0.39 is 10.0 Å². The maximum atomic E-state index is 12.1. The lowest BCUT2D eigenvalue weighted by atomic mass is 10.0. The van der Waals surface area contributed by atoms with Gasteiger partial charge in [-0.15, -0.1) is 12.4 Å². The molecule has 0 spiro atoms. The van der Waals surface area contributed by atoms with E-state index in [1.807, 2.05) is 12.1 Å². The first-order chi connectivity index (χ1) is 10.4. The molecule has 1 aliphatic rings. The topological polar surface area (TPSA) is 101 Å². The summed E-state index contributed by atoms with van der Waals surface area (Å²) in [6.45, 7) is 0.924. The van der Waals surface area contributed by atoms with Crippen LogP contribution in [0.2, 0.25) is 0 Å². The van der Waals surface area contributed by atoms with Crippen LogP contribution in [0.5, 0.6) is 0 Å². The Labute approximate surface area is 143 Å². The van der Waals surface area contributed by atoms with Crippen molar-refractivity contribution < 1.29 is 13.2 Å². The summed E-state index contributed by atoms with van der Waals surface area (Å²) in [5, 5.41) is 2.89. The summed E-state index contributed by atoms with van der Waals surface area (Å²) in [6.07, 6.45) is 3.87. The number of sulfonamides is 1. The van der Waals surface area contributed by atoms with E-state index in [4.69, 9.17) is 5.73 Å². The first kappa shape index (κ1) is 19.9. The van der Waals surface area contributed by atoms with E-state index >= 15 is 0 Å². The zero-order valence-corrected chi connectivity index (χ0v) is 14.8. The van der Waals surface area contributed by atoms with E-state index in [0.717, 1.165) is 24.8 Å². The van der Waals surface area contributed by atoms with Gasteiger partial charge < -0.3 is 11.1 Å². The second-order valence-electron chi connectivity index (χ2n) is 5.80. The van der Waals surface area contributed by atoms with Gasteiger partial charge in [0.25, 0.3) is 5.91 Å². The summed E-state index contributed by atoms with van der Waals surface area (Å²) in [7, 11) is -3.21. The van der Waals surface area contributed by atoms with Crippen molar-refractivity contribution >= 4 is 28.3 Å². The molecule has 2 atom stereocenters. The fraction of sp³-hybridized carbons (Fsp3) is 0.533. The van der Waals surface area contributed by atoms with Crippen molar-refractivity contribution in [3.63, 3.8) is 0 Å². The zero-order valence-electron chi connectivity index (χ0n) is 13.1. The summed E-state index contributed by atoms with van der Waals surface area (Å²) >= 11 is 0. The van der Waals surface area contributed by atoms with Gasteiger partial charge in [0.2, 0.25) is 10.0 Å². The maximum absolute atomic E-state index is 12.1. The third-order valence-corrected chi connectivity index (χ3v) is 4.73. The lowest BCUT2D eigenvalue weighted by Crippen LogP contribution is -2.41. The minimum Gasteiger partial charge on any atom is -0.352 e. The Morgan fingerprint density at radius 2 is 1.91 bits per heavy atom. The number of halogens is 1. The van der Waals surface area contributed by atoms with Crippen LogP contribution in [0.15, 0.2) is 24.3 Å². The molecule has 2 rings (SSSR count). The Kier molecular flexibility index (Phi) is 7.47. The summed E-state index contributed by atoms with van der Waals surface area (Å²) < 4.78 is 25.3. The van der Waals surface area contributed by atoms with Gasteiger partial charge in [-0.3, -0.25) is 4.79 Å². The number of carbonyl (C=O) groups excluding carboxylic acids is 1. The van der Waals surface area contributed by atoms with Crippen molar-refractivity contribution in [2.45, 2.75) is 31.8 Å². The standard InChI is InChI=1S/C15H23N3O3S.ClH/c1-22(20,21)18-14-4-2-3-13(14)10-17-15(19)12-7-5-11(9-16)6-8-12;/h5-8,13-14,18H,2-4,9-10,16H2,1H3,(H,17,19);1H. The molecule has 1 amide bonds. The van der Waals surface area contributed by atoms with E-state index in [1.54, 1.807) is 12.1 Å². The lowest BCUT2D eigenvalue weighted by Gasteiger charge is -2.20. The van der Waals surface area contributed by atoms with Crippen molar-refractivity contribution in [2.75, 3.05) is 12.8 Å². The molecular weight excluding hydrogens is 338 g/mol. The van der Waals surface area contributed by atoms with Gasteiger partial charge >= 0.3 is 0 Å². The van der Waals surface area contributed by atoms with E-state index in [2.05, 4.69) is 10.0 Å². The van der Waals surface area contributed by atoms with Crippen LogP contribution in [0.3, 0.4) is 0 Å². The Morgan fingerprint density at radius 3 is 2.48 bits per heavy atom. The average Bonchev–Trinajstić information content (AvgIpc) is 2.90. The quantitative estimate of drug-likeness (QED) is 0.703. The van der Waals surface area contributed by atoms with Gasteiger partial charge in [0.05, 0.1) is 6.26 Å². The van der Waals surface area contributed by atoms with Crippen LogP contribution in [0.1, 0.15) is 35.2 Å². The normalized spacial score (nSPS) is 20.8. The number of rotatable bonds is 6. The van der Waals surface area contributed by atoms with Gasteiger partial charge in [-0.05, 0) is 36.5 Å². The first-order valence-electron chi connectivity index (χ1n) is 7.43. The molecule has 0 aliphatic heterocycles. The zero-order chi connectivity index (χ0) is 16.2. The third kappa shape index (κ3) is 6.10. The minimum atomic E-state index is -3.21. The first-order valence-corrected chi connectivity index (χ1v) is 9.32. The molecule has 0 bridgehead atoms. The highest BCUT2D eigenvalue weighted by Gasteiger charge is 2.29. The van der Waals surface area contributed by atoms with Gasteiger partial charge in [-0.25, -0.2) is 13.1 Å². The summed E-state index contributed by atoms with van der Waals surface area (Å²) in [5.74, 6) is -0.00410. The van der Waals surface area contributed by atoms with E-state index in [1.165, 1.54) is 6.26 Å². The number of nitrogens with two attached hydrogens (primary N) is 1. The Bertz CT molecular complexity index is 619. The molecule has 6 nitrogen and oxygen atoms in total. The highest BCUT2D eigenvalue weighted by atomic mass is 35.5. The second kappa shape index (κ2) is 8.63. The number of amides is 1. The van der Waals surface area contributed by atoms with Crippen LogP contribution in [0, 0.1) is 5.92 Å². The molecule has 23 heavy (non-hydrogen) atoms. The predicted molar refractivity (Wildman–Crippen MR) is 93.0 cm³/mol. The van der Waals surface area contributed by atoms with Crippen LogP contribution < -0.4 is 15.8 Å². The predicted octanol–water partition coefficient (Wildman–Crippen LogP) is 1.01. The van der Waals surface area contributed by atoms with Gasteiger partial charge in [-0.1, -0.05) is 18.6 Å². The fourth-order valence-electron chi connectivity index (χ4n) is 2.83. The molecule has 2 unspecified atom stereocenters. The van der Waals surface area contributed by atoms with Crippen molar-refractivity contribution in [2.24, 2.45) is 11.7 Å². The molecule has 0 heterocycles. The van der Waals surface area contributed by atoms with Crippen LogP contribution >= 0.6 is 12.4 Å². The van der Waals surface area contributed by atoms with E-state index in [-0.39, 0.29) is 30.3 Å². The van der Waals surface area contributed by atoms with Crippen molar-refractivity contribution in [1.82, 2.24) is 10.0 Å². The Balaban J connectivity index is 0.00000264. The van der Waals surface area contributed by atoms with E-state index in [9.17, 15) is 13.2 Å². The van der Waals surface area contributed by atoms with Crippen LogP contribution in [-0.4, -0.2) is 33.2 Å². The van der Waals surface area contributed by atoms with Crippen LogP contribution in [0.25, 0.3) is 0 Å². The van der Waals surface area contributed by atoms with Crippen LogP contribution in [0.4, 0.5) is 0 Å². The second-order valence-corrected chi connectivity index (χ2v) is 7.58. The van der Waals surface area contributed by atoms with Gasteiger partial charge in [0, 0.05) is 24.7 Å². The molecule has 1 aromatic carbocycles. The van der Waals surface area contributed by atoms with Crippen molar-refractivity contribution in [3.8, 4) is 0 Å². The number of hydrogen-bond acceptors (Lipinski definition) is 4. The molecule has 1 aromatic rings. The Hall–Kier alpha value is -1.15. The fourth-order valence-corrected chi connectivity index (χ4v) is 3.69. The largest absolute Gasteiger partial charge is 0.352 e. The molecule has 0 radical (unpaired) electrons. The third-order valence-electron chi connectivity index (χ3n) is 4.00. The number of carbonyl (C=O) groups is 1. The molecule has 0 aromatic heterocycles. The van der Waals surface area contributed by atoms with Gasteiger partial charge in [0.15, 0.2) is 0 Å². The van der Waals surface area contributed by atoms with Crippen molar-refractivity contribution in [3.05, 3.63) is 35.4 Å². The molecule has 1 fully saturated rings. The van der Waals surface area contributed by atoms with Crippen molar-refractivity contribution in [1.29, 1.82) is 0 Å². The summed E-state index contributed by atoms with van der Waals surface area (Å²) in [5.41, 5.74) is 7.09. The SMILES string of the molecule is CS(=O)(=O)NC1CCCC1CNC(=O)c1ccc(CN)cc1.Cl. The summed E-state index contributed by atoms with van der Waals surface area (Å²) in [6, 6.07) is 7.07. The van der Waals surface area contributed by atoms with Gasteiger partial charge in [-0.2, -0.15) is 0 Å².